The van der Waals surface area contributed by atoms with Crippen LogP contribution in [0.1, 0.15) is 29.8 Å². The zero-order chi connectivity index (χ0) is 26.2. The van der Waals surface area contributed by atoms with Crippen LogP contribution in [0.5, 0.6) is 0 Å². The average molecular weight is 500 g/mol. The number of rotatable bonds is 4. The molecule has 3 aromatic rings. The molecule has 1 saturated heterocycles. The van der Waals surface area contributed by atoms with Gasteiger partial charge in [-0.15, -0.1) is 0 Å². The highest BCUT2D eigenvalue weighted by atomic mass is 19.2. The van der Waals surface area contributed by atoms with Crippen LogP contribution in [0.15, 0.2) is 53.5 Å². The Morgan fingerprint density at radius 3 is 2.22 bits per heavy atom. The van der Waals surface area contributed by atoms with Crippen molar-refractivity contribution >= 4 is 23.1 Å². The van der Waals surface area contributed by atoms with E-state index in [0.29, 0.717) is 5.56 Å². The Morgan fingerprint density at radius 1 is 1.00 bits per heavy atom. The Labute approximate surface area is 205 Å². The average Bonchev–Trinajstić information content (AvgIpc) is 2.82. The fraction of sp³-hybridized carbons (Fsp3) is 0.231. The van der Waals surface area contributed by atoms with Gasteiger partial charge in [0.15, 0.2) is 23.3 Å². The molecule has 0 spiro atoms. The lowest BCUT2D eigenvalue weighted by atomic mass is 10.0. The minimum atomic E-state index is -1.55. The summed E-state index contributed by atoms with van der Waals surface area (Å²) < 4.78 is 55.5. The van der Waals surface area contributed by atoms with Crippen molar-refractivity contribution in [3.63, 3.8) is 0 Å². The van der Waals surface area contributed by atoms with Gasteiger partial charge in [0.2, 0.25) is 0 Å². The van der Waals surface area contributed by atoms with Crippen LogP contribution in [0.4, 0.5) is 28.9 Å². The number of amides is 1. The predicted octanol–water partition coefficient (Wildman–Crippen LogP) is 4.23. The third kappa shape index (κ3) is 5.03. The molecule has 6 nitrogen and oxygen atoms in total. The van der Waals surface area contributed by atoms with Crippen LogP contribution in [-0.4, -0.2) is 36.9 Å². The molecule has 0 aromatic heterocycles. The van der Waals surface area contributed by atoms with Crippen LogP contribution in [0.25, 0.3) is 11.1 Å². The summed E-state index contributed by atoms with van der Waals surface area (Å²) in [6.07, 6.45) is 0. The zero-order valence-corrected chi connectivity index (χ0v) is 19.7. The number of carbonyl (C=O) groups excluding carboxylic acids is 1. The highest BCUT2D eigenvalue weighted by Gasteiger charge is 2.26. The highest BCUT2D eigenvalue weighted by molar-refractivity contribution is 6.11. The van der Waals surface area contributed by atoms with Crippen molar-refractivity contribution in [2.24, 2.45) is 10.7 Å². The second kappa shape index (κ2) is 9.62. The standard InChI is InChI=1S/C26H25F4N5O/c1-26(2)13-35(10-9-33-26)16-6-3-14(4-7-16)25(36)34-24(32)17-8-5-15(11-20(17)31)21-22(29)18(27)12-19(28)23(21)30/h3-8,11-12,33H,9-10,13,31H2,1-2H3,(H2,32,34,36). The molecule has 5 N–H and O–H groups in total. The van der Waals surface area contributed by atoms with Crippen LogP contribution >= 0.6 is 0 Å². The first-order valence-corrected chi connectivity index (χ1v) is 11.2. The first-order chi connectivity index (χ1) is 17.0. The van der Waals surface area contributed by atoms with Crippen molar-refractivity contribution in [3.05, 3.63) is 82.9 Å². The number of aliphatic imine (C=N–C) groups is 1. The molecule has 10 heteroatoms. The topological polar surface area (TPSA) is 96.7 Å². The lowest BCUT2D eigenvalue weighted by Gasteiger charge is -2.40. The van der Waals surface area contributed by atoms with Crippen molar-refractivity contribution in [3.8, 4) is 11.1 Å². The van der Waals surface area contributed by atoms with Gasteiger partial charge in [-0.3, -0.25) is 4.79 Å². The maximum absolute atomic E-state index is 14.1. The van der Waals surface area contributed by atoms with E-state index in [4.69, 9.17) is 11.5 Å². The Hall–Kier alpha value is -3.92. The van der Waals surface area contributed by atoms with Crippen LogP contribution in [0, 0.1) is 23.3 Å². The fourth-order valence-electron chi connectivity index (χ4n) is 4.19. The lowest BCUT2D eigenvalue weighted by Crippen LogP contribution is -2.57. The van der Waals surface area contributed by atoms with Gasteiger partial charge >= 0.3 is 0 Å². The van der Waals surface area contributed by atoms with E-state index < -0.39 is 34.7 Å². The summed E-state index contributed by atoms with van der Waals surface area (Å²) in [6.45, 7) is 6.75. The fourth-order valence-corrected chi connectivity index (χ4v) is 4.19. The van der Waals surface area contributed by atoms with Gasteiger partial charge in [0, 0.05) is 53.7 Å². The Bertz CT molecular complexity index is 1330. The molecule has 36 heavy (non-hydrogen) atoms. The third-order valence-corrected chi connectivity index (χ3v) is 6.00. The minimum Gasteiger partial charge on any atom is -0.398 e. The van der Waals surface area contributed by atoms with Gasteiger partial charge in [0.25, 0.3) is 5.91 Å². The van der Waals surface area contributed by atoms with E-state index in [-0.39, 0.29) is 34.3 Å². The summed E-state index contributed by atoms with van der Waals surface area (Å²) in [5, 5.41) is 3.44. The van der Waals surface area contributed by atoms with Gasteiger partial charge in [-0.05, 0) is 55.8 Å². The summed E-state index contributed by atoms with van der Waals surface area (Å²) in [7, 11) is 0. The van der Waals surface area contributed by atoms with Crippen molar-refractivity contribution in [1.82, 2.24) is 5.32 Å². The number of nitrogens with two attached hydrogens (primary N) is 2. The third-order valence-electron chi connectivity index (χ3n) is 6.00. The van der Waals surface area contributed by atoms with Gasteiger partial charge in [-0.2, -0.15) is 4.99 Å². The number of carbonyl (C=O) groups is 1. The summed E-state index contributed by atoms with van der Waals surface area (Å²) in [6, 6.07) is 10.7. The quantitative estimate of drug-likeness (QED) is 0.164. The van der Waals surface area contributed by atoms with Gasteiger partial charge in [0.05, 0.1) is 5.56 Å². The normalized spacial score (nSPS) is 15.7. The number of anilines is 2. The van der Waals surface area contributed by atoms with Crippen molar-refractivity contribution in [2.75, 3.05) is 30.3 Å². The number of amidine groups is 1. The first kappa shape index (κ1) is 25.2. The summed E-state index contributed by atoms with van der Waals surface area (Å²) in [5.74, 6) is -7.00. The monoisotopic (exact) mass is 499 g/mol. The molecule has 188 valence electrons. The molecule has 1 aliphatic rings. The number of piperazine rings is 1. The number of nitrogens with zero attached hydrogens (tertiary/aromatic N) is 2. The number of halogens is 4. The summed E-state index contributed by atoms with van der Waals surface area (Å²) in [5.41, 5.74) is 12.1. The smallest absolute Gasteiger partial charge is 0.278 e. The molecule has 0 aliphatic carbocycles. The van der Waals surface area contributed by atoms with E-state index in [1.807, 2.05) is 12.1 Å². The molecule has 1 aliphatic heterocycles. The molecule has 0 bridgehead atoms. The van der Waals surface area contributed by atoms with E-state index in [1.165, 1.54) is 12.1 Å². The minimum absolute atomic E-state index is 0.0264. The zero-order valence-electron chi connectivity index (χ0n) is 19.7. The number of hydrogen-bond donors (Lipinski definition) is 3. The van der Waals surface area contributed by atoms with E-state index >= 15 is 0 Å². The summed E-state index contributed by atoms with van der Waals surface area (Å²) in [4.78, 5) is 18.8. The van der Waals surface area contributed by atoms with Gasteiger partial charge < -0.3 is 21.7 Å². The largest absolute Gasteiger partial charge is 0.398 e. The van der Waals surface area contributed by atoms with Crippen LogP contribution in [0.2, 0.25) is 0 Å². The number of benzene rings is 3. The lowest BCUT2D eigenvalue weighted by molar-refractivity contribution is 0.100. The Kier molecular flexibility index (Phi) is 6.73. The second-order valence-corrected chi connectivity index (χ2v) is 9.23. The van der Waals surface area contributed by atoms with Crippen LogP contribution in [0.3, 0.4) is 0 Å². The second-order valence-electron chi connectivity index (χ2n) is 9.23. The van der Waals surface area contributed by atoms with Gasteiger partial charge in [0.1, 0.15) is 5.84 Å². The maximum Gasteiger partial charge on any atom is 0.278 e. The molecule has 0 radical (unpaired) electrons. The molecule has 0 saturated carbocycles. The summed E-state index contributed by atoms with van der Waals surface area (Å²) >= 11 is 0. The van der Waals surface area contributed by atoms with Crippen molar-refractivity contribution in [2.45, 2.75) is 19.4 Å². The van der Waals surface area contributed by atoms with E-state index in [9.17, 15) is 22.4 Å². The number of nitrogen functional groups attached to an aromatic ring is 1. The molecule has 3 aromatic carbocycles. The first-order valence-electron chi connectivity index (χ1n) is 11.2. The van der Waals surface area contributed by atoms with Gasteiger partial charge in [-0.25, -0.2) is 17.6 Å². The predicted molar refractivity (Wildman–Crippen MR) is 132 cm³/mol. The van der Waals surface area contributed by atoms with Crippen molar-refractivity contribution < 1.29 is 22.4 Å². The maximum atomic E-state index is 14.1. The van der Waals surface area contributed by atoms with E-state index in [1.54, 1.807) is 12.1 Å². The SMILES string of the molecule is CC1(C)CN(c2ccc(C(=O)N=C(N)c3ccc(-c4c(F)c(F)cc(F)c4F)cc3N)cc2)CCN1. The molecule has 1 fully saturated rings. The van der Waals surface area contributed by atoms with Crippen LogP contribution in [-0.2, 0) is 0 Å². The van der Waals surface area contributed by atoms with Crippen LogP contribution < -0.4 is 21.7 Å². The van der Waals surface area contributed by atoms with E-state index in [2.05, 4.69) is 29.1 Å². The molecule has 1 amide bonds. The van der Waals surface area contributed by atoms with Crippen molar-refractivity contribution in [1.29, 1.82) is 0 Å². The number of nitrogens with one attached hydrogen (secondary N) is 1. The number of hydrogen-bond acceptors (Lipinski definition) is 4. The highest BCUT2D eigenvalue weighted by Crippen LogP contribution is 2.31. The Morgan fingerprint density at radius 2 is 1.64 bits per heavy atom. The molecule has 1 heterocycles. The van der Waals surface area contributed by atoms with Gasteiger partial charge in [-0.1, -0.05) is 6.07 Å². The molecule has 0 unspecified atom stereocenters. The molecule has 4 rings (SSSR count). The van der Waals surface area contributed by atoms with E-state index in [0.717, 1.165) is 31.4 Å². The Balaban J connectivity index is 1.55. The molecule has 0 atom stereocenters. The molecular formula is C26H25F4N5O. The molecular weight excluding hydrogens is 474 g/mol.